The van der Waals surface area contributed by atoms with E-state index in [0.29, 0.717) is 17.2 Å². The molecule has 0 aliphatic heterocycles. The van der Waals surface area contributed by atoms with Crippen LogP contribution in [0, 0.1) is 3.57 Å². The molecule has 158 valence electrons. The number of amides is 3. The maximum atomic E-state index is 12.1. The van der Waals surface area contributed by atoms with Gasteiger partial charge in [-0.2, -0.15) is 0 Å². The van der Waals surface area contributed by atoms with Gasteiger partial charge in [-0.05, 0) is 52.9 Å². The van der Waals surface area contributed by atoms with Crippen molar-refractivity contribution in [1.82, 2.24) is 10.9 Å². The van der Waals surface area contributed by atoms with Crippen molar-refractivity contribution in [1.29, 1.82) is 0 Å². The highest BCUT2D eigenvalue weighted by molar-refractivity contribution is 14.1. The van der Waals surface area contributed by atoms with Gasteiger partial charge in [-0.3, -0.25) is 19.8 Å². The summed E-state index contributed by atoms with van der Waals surface area (Å²) in [4.78, 5) is 36.2. The number of carbonyl (C=O) groups is 3. The molecule has 9 nitrogen and oxygen atoms in total. The van der Waals surface area contributed by atoms with Crippen LogP contribution in [0.25, 0.3) is 0 Å². The molecule has 30 heavy (non-hydrogen) atoms. The highest BCUT2D eigenvalue weighted by Gasteiger charge is 2.17. The monoisotopic (exact) mass is 524 g/mol. The third kappa shape index (κ3) is 6.95. The number of hydrogen-bond donors (Lipinski definition) is 4. The third-order valence-corrected chi connectivity index (χ3v) is 4.37. The van der Waals surface area contributed by atoms with Crippen LogP contribution >= 0.6 is 22.6 Å². The summed E-state index contributed by atoms with van der Waals surface area (Å²) in [5.41, 5.74) is 5.77. The Bertz CT molecular complexity index is 964. The fourth-order valence-corrected chi connectivity index (χ4v) is 2.85. The molecule has 2 aromatic rings. The number of benzene rings is 2. The summed E-state index contributed by atoms with van der Waals surface area (Å²) in [6.45, 7) is 3.66. The highest BCUT2D eigenvalue weighted by atomic mass is 127. The van der Waals surface area contributed by atoms with Crippen LogP contribution in [-0.2, 0) is 14.4 Å². The lowest BCUT2D eigenvalue weighted by molar-refractivity contribution is -0.136. The highest BCUT2D eigenvalue weighted by Crippen LogP contribution is 2.28. The molecule has 0 heterocycles. The maximum absolute atomic E-state index is 12.1. The molecule has 3 amide bonds. The number of methoxy groups -OCH3 is 2. The van der Waals surface area contributed by atoms with E-state index in [-0.39, 0.29) is 23.7 Å². The fourth-order valence-electron chi connectivity index (χ4n) is 2.30. The Morgan fingerprint density at radius 3 is 2.40 bits per heavy atom. The van der Waals surface area contributed by atoms with Crippen molar-refractivity contribution in [2.75, 3.05) is 24.9 Å². The van der Waals surface area contributed by atoms with E-state index in [9.17, 15) is 14.4 Å². The first-order valence-corrected chi connectivity index (χ1v) is 9.72. The molecule has 0 bridgehead atoms. The van der Waals surface area contributed by atoms with Crippen molar-refractivity contribution in [2.24, 2.45) is 0 Å². The van der Waals surface area contributed by atoms with E-state index in [1.54, 1.807) is 18.2 Å². The number of nitrogens with one attached hydrogen (secondary N) is 4. The molecule has 0 saturated heterocycles. The standard InChI is InChI=1S/C20H21IN4O5/c1-12(9-18(26)22-14-6-4-5-13(21)10-14)24-25-20(28)19(27)23-16-11-15(29-2)7-8-17(16)30-3/h4-8,10-11,24H,1,9H2,2-3H3,(H,22,26)(H,23,27)(H,25,28). The van der Waals surface area contributed by atoms with Gasteiger partial charge in [0.15, 0.2) is 0 Å². The maximum Gasteiger partial charge on any atom is 0.327 e. The Labute approximate surface area is 187 Å². The lowest BCUT2D eigenvalue weighted by Gasteiger charge is -2.13. The summed E-state index contributed by atoms with van der Waals surface area (Å²) in [7, 11) is 2.91. The zero-order chi connectivity index (χ0) is 22.1. The number of carbonyl (C=O) groups excluding carboxylic acids is 3. The minimum Gasteiger partial charge on any atom is -0.497 e. The van der Waals surface area contributed by atoms with Crippen LogP contribution in [0.2, 0.25) is 0 Å². The van der Waals surface area contributed by atoms with Crippen LogP contribution < -0.4 is 31.0 Å². The zero-order valence-corrected chi connectivity index (χ0v) is 18.5. The van der Waals surface area contributed by atoms with Crippen molar-refractivity contribution in [3.63, 3.8) is 0 Å². The molecule has 2 aromatic carbocycles. The average molecular weight is 524 g/mol. The van der Waals surface area contributed by atoms with Gasteiger partial charge in [0, 0.05) is 21.0 Å². The Morgan fingerprint density at radius 2 is 1.73 bits per heavy atom. The molecule has 0 fully saturated rings. The van der Waals surface area contributed by atoms with Gasteiger partial charge in [0.2, 0.25) is 5.91 Å². The number of anilines is 2. The van der Waals surface area contributed by atoms with Gasteiger partial charge in [-0.25, -0.2) is 0 Å². The predicted molar refractivity (Wildman–Crippen MR) is 121 cm³/mol. The number of hydrazine groups is 1. The summed E-state index contributed by atoms with van der Waals surface area (Å²) in [5.74, 6) is -1.39. The van der Waals surface area contributed by atoms with Crippen molar-refractivity contribution < 1.29 is 23.9 Å². The van der Waals surface area contributed by atoms with Crippen molar-refractivity contribution in [3.05, 3.63) is 58.3 Å². The van der Waals surface area contributed by atoms with Gasteiger partial charge in [-0.1, -0.05) is 12.6 Å². The van der Waals surface area contributed by atoms with E-state index < -0.39 is 11.8 Å². The summed E-state index contributed by atoms with van der Waals surface area (Å²) < 4.78 is 11.2. The van der Waals surface area contributed by atoms with Gasteiger partial charge in [0.25, 0.3) is 0 Å². The van der Waals surface area contributed by atoms with E-state index in [2.05, 4.69) is 50.7 Å². The van der Waals surface area contributed by atoms with Crippen molar-refractivity contribution in [2.45, 2.75) is 6.42 Å². The largest absolute Gasteiger partial charge is 0.497 e. The third-order valence-electron chi connectivity index (χ3n) is 3.70. The molecule has 0 radical (unpaired) electrons. The summed E-state index contributed by atoms with van der Waals surface area (Å²) in [5, 5.41) is 5.15. The number of halogens is 1. The molecule has 10 heteroatoms. The normalized spacial score (nSPS) is 9.83. The van der Waals surface area contributed by atoms with Crippen LogP contribution in [0.4, 0.5) is 11.4 Å². The van der Waals surface area contributed by atoms with Crippen LogP contribution in [0.15, 0.2) is 54.7 Å². The average Bonchev–Trinajstić information content (AvgIpc) is 2.71. The number of ether oxygens (including phenoxy) is 2. The quantitative estimate of drug-likeness (QED) is 0.240. The second-order valence-electron chi connectivity index (χ2n) is 5.94. The minimum absolute atomic E-state index is 0.100. The van der Waals surface area contributed by atoms with E-state index in [1.807, 2.05) is 18.2 Å². The summed E-state index contributed by atoms with van der Waals surface area (Å²) in [6, 6.07) is 12.1. The lowest BCUT2D eigenvalue weighted by Crippen LogP contribution is -2.43. The lowest BCUT2D eigenvalue weighted by atomic mass is 10.2. The van der Waals surface area contributed by atoms with Gasteiger partial charge in [-0.15, -0.1) is 0 Å². The van der Waals surface area contributed by atoms with Gasteiger partial charge in [0.1, 0.15) is 11.5 Å². The molecule has 2 rings (SSSR count). The zero-order valence-electron chi connectivity index (χ0n) is 16.4. The van der Waals surface area contributed by atoms with Crippen LogP contribution in [0.1, 0.15) is 6.42 Å². The molecule has 0 aliphatic rings. The second-order valence-corrected chi connectivity index (χ2v) is 7.18. The predicted octanol–water partition coefficient (Wildman–Crippen LogP) is 2.41. The summed E-state index contributed by atoms with van der Waals surface area (Å²) >= 11 is 2.14. The van der Waals surface area contributed by atoms with Crippen LogP contribution in [0.3, 0.4) is 0 Å². The SMILES string of the molecule is C=C(CC(=O)Nc1cccc(I)c1)NNC(=O)C(=O)Nc1cc(OC)ccc1OC. The molecule has 0 spiro atoms. The topological polar surface area (TPSA) is 118 Å². The van der Waals surface area contributed by atoms with Gasteiger partial charge >= 0.3 is 11.8 Å². The van der Waals surface area contributed by atoms with Crippen LogP contribution in [0.5, 0.6) is 11.5 Å². The van der Waals surface area contributed by atoms with Gasteiger partial charge in [0.05, 0.1) is 26.3 Å². The van der Waals surface area contributed by atoms with Crippen molar-refractivity contribution >= 4 is 51.7 Å². The first kappa shape index (κ1) is 23.0. The minimum atomic E-state index is -0.973. The number of hydrogen-bond acceptors (Lipinski definition) is 6. The Hall–Kier alpha value is -3.28. The van der Waals surface area contributed by atoms with Gasteiger partial charge < -0.3 is 25.5 Å². The Balaban J connectivity index is 1.83. The molecular formula is C20H21IN4O5. The van der Waals surface area contributed by atoms with E-state index in [4.69, 9.17) is 9.47 Å². The number of rotatable bonds is 8. The molecule has 0 aliphatic carbocycles. The summed E-state index contributed by atoms with van der Waals surface area (Å²) in [6.07, 6.45) is -0.100. The fraction of sp³-hybridized carbons (Fsp3) is 0.150. The Morgan fingerprint density at radius 1 is 0.967 bits per heavy atom. The molecule has 0 saturated carbocycles. The second kappa shape index (κ2) is 11.0. The molecular weight excluding hydrogens is 503 g/mol. The van der Waals surface area contributed by atoms with Crippen LogP contribution in [-0.4, -0.2) is 31.9 Å². The first-order chi connectivity index (χ1) is 14.3. The first-order valence-electron chi connectivity index (χ1n) is 8.65. The van der Waals surface area contributed by atoms with E-state index in [0.717, 1.165) is 3.57 Å². The molecule has 0 atom stereocenters. The smallest absolute Gasteiger partial charge is 0.327 e. The van der Waals surface area contributed by atoms with E-state index >= 15 is 0 Å². The molecule has 0 aromatic heterocycles. The van der Waals surface area contributed by atoms with Crippen molar-refractivity contribution in [3.8, 4) is 11.5 Å². The Kier molecular flexibility index (Phi) is 8.47. The van der Waals surface area contributed by atoms with E-state index in [1.165, 1.54) is 20.3 Å². The molecule has 4 N–H and O–H groups in total. The molecule has 0 unspecified atom stereocenters.